The number of aromatic carboxylic acids is 1. The minimum absolute atomic E-state index is 0.0325. The van der Waals surface area contributed by atoms with Gasteiger partial charge in [0.1, 0.15) is 17.2 Å². The molecule has 0 aliphatic carbocycles. The topological polar surface area (TPSA) is 153 Å². The fraction of sp³-hybridized carbons (Fsp3) is 0.0323. The average Bonchev–Trinajstić information content (AvgIpc) is 3.00. The number of hydrogen-bond donors (Lipinski definition) is 3. The summed E-state index contributed by atoms with van der Waals surface area (Å²) in [7, 11) is 0. The second-order valence-electron chi connectivity index (χ2n) is 8.64. The van der Waals surface area contributed by atoms with Gasteiger partial charge in [0.05, 0.1) is 17.2 Å². The summed E-state index contributed by atoms with van der Waals surface area (Å²) < 4.78 is 17.9. The molecular weight excluding hydrogens is 522 g/mol. The van der Waals surface area contributed by atoms with Gasteiger partial charge in [0.25, 0.3) is 5.88 Å². The highest BCUT2D eigenvalue weighted by Crippen LogP contribution is 2.38. The van der Waals surface area contributed by atoms with Gasteiger partial charge in [0.15, 0.2) is 17.3 Å². The summed E-state index contributed by atoms with van der Waals surface area (Å²) in [6.45, 7) is 0.391. The fourth-order valence-corrected chi connectivity index (χ4v) is 3.73. The number of carbonyl (C=O) groups is 1. The molecule has 0 aliphatic rings. The molecule has 10 heteroatoms. The Morgan fingerprint density at radius 2 is 1.56 bits per heavy atom. The molecule has 1 heterocycles. The standard InChI is InChI=1S/C31H23N5O5/c32-18-21-14-15-25(39-23-11-5-2-6-12-23)26(16-21)41-31-35-28(34-19-20-8-3-1-4-9-20)27(33)29(36-31)40-24-13-7-10-22(17-24)30(37)38/h1-17H,19,33H2,(H,37,38)(H,34,35,36). The highest BCUT2D eigenvalue weighted by molar-refractivity contribution is 5.88. The molecule has 1 aromatic heterocycles. The molecular formula is C31H23N5O5. The molecule has 5 rings (SSSR count). The maximum atomic E-state index is 11.4. The van der Waals surface area contributed by atoms with Crippen LogP contribution in [0.1, 0.15) is 21.5 Å². The highest BCUT2D eigenvalue weighted by Gasteiger charge is 2.18. The van der Waals surface area contributed by atoms with E-state index in [2.05, 4.69) is 21.4 Å². The molecule has 0 aliphatic heterocycles. The van der Waals surface area contributed by atoms with Gasteiger partial charge >= 0.3 is 12.0 Å². The van der Waals surface area contributed by atoms with E-state index in [9.17, 15) is 15.2 Å². The predicted molar refractivity (Wildman–Crippen MR) is 151 cm³/mol. The van der Waals surface area contributed by atoms with Crippen LogP contribution < -0.4 is 25.3 Å². The summed E-state index contributed by atoms with van der Waals surface area (Å²) in [5.74, 6) is 0.336. The van der Waals surface area contributed by atoms with Crippen LogP contribution in [0.25, 0.3) is 0 Å². The number of nitriles is 1. The van der Waals surface area contributed by atoms with Gasteiger partial charge in [-0.15, -0.1) is 0 Å². The van der Waals surface area contributed by atoms with Crippen LogP contribution in [-0.2, 0) is 6.54 Å². The number of nitrogen functional groups attached to an aromatic ring is 1. The number of ether oxygens (including phenoxy) is 3. The zero-order valence-electron chi connectivity index (χ0n) is 21.5. The molecule has 0 amide bonds. The number of para-hydroxylation sites is 1. The van der Waals surface area contributed by atoms with Crippen molar-refractivity contribution in [2.24, 2.45) is 0 Å². The first-order chi connectivity index (χ1) is 20.0. The van der Waals surface area contributed by atoms with Crippen LogP contribution in [0.5, 0.6) is 34.9 Å². The first kappa shape index (κ1) is 26.5. The van der Waals surface area contributed by atoms with Crippen molar-refractivity contribution in [3.05, 3.63) is 120 Å². The Kier molecular flexibility index (Phi) is 7.88. The lowest BCUT2D eigenvalue weighted by Gasteiger charge is -2.16. The van der Waals surface area contributed by atoms with E-state index in [1.807, 2.05) is 48.5 Å². The Hall–Kier alpha value is -6.08. The summed E-state index contributed by atoms with van der Waals surface area (Å²) in [6.07, 6.45) is 0. The van der Waals surface area contributed by atoms with Crippen LogP contribution in [0.2, 0.25) is 0 Å². The number of carboxylic acids is 1. The molecule has 0 spiro atoms. The smallest absolute Gasteiger partial charge is 0.335 e. The largest absolute Gasteiger partial charge is 0.478 e. The Morgan fingerprint density at radius 3 is 2.29 bits per heavy atom. The van der Waals surface area contributed by atoms with Gasteiger partial charge in [0.2, 0.25) is 0 Å². The fourth-order valence-electron chi connectivity index (χ4n) is 3.73. The van der Waals surface area contributed by atoms with Crippen LogP contribution >= 0.6 is 0 Å². The van der Waals surface area contributed by atoms with E-state index in [0.29, 0.717) is 23.6 Å². The van der Waals surface area contributed by atoms with Gasteiger partial charge in [0, 0.05) is 12.6 Å². The Bertz CT molecular complexity index is 1720. The van der Waals surface area contributed by atoms with Crippen molar-refractivity contribution in [3.63, 3.8) is 0 Å². The third-order valence-electron chi connectivity index (χ3n) is 5.73. The van der Waals surface area contributed by atoms with E-state index in [-0.39, 0.29) is 40.5 Å². The molecule has 0 saturated heterocycles. The van der Waals surface area contributed by atoms with Crippen molar-refractivity contribution in [2.75, 3.05) is 11.1 Å². The molecule has 0 fully saturated rings. The molecule has 0 bridgehead atoms. The number of carboxylic acid groups (broad SMARTS) is 1. The Labute approximate surface area is 235 Å². The number of hydrogen-bond acceptors (Lipinski definition) is 9. The molecule has 202 valence electrons. The van der Waals surface area contributed by atoms with Crippen molar-refractivity contribution in [1.82, 2.24) is 9.97 Å². The first-order valence-corrected chi connectivity index (χ1v) is 12.4. The van der Waals surface area contributed by atoms with E-state index in [1.165, 1.54) is 18.2 Å². The second kappa shape index (κ2) is 12.2. The SMILES string of the molecule is N#Cc1ccc(Oc2ccccc2)c(Oc2nc(NCc3ccccc3)c(N)c(Oc3cccc(C(=O)O)c3)n2)c1. The normalized spacial score (nSPS) is 10.3. The van der Waals surface area contributed by atoms with Crippen molar-refractivity contribution < 1.29 is 24.1 Å². The lowest BCUT2D eigenvalue weighted by atomic mass is 10.2. The molecule has 4 N–H and O–H groups in total. The number of nitrogens with zero attached hydrogens (tertiary/aromatic N) is 3. The minimum atomic E-state index is -1.11. The maximum Gasteiger partial charge on any atom is 0.335 e. The molecule has 4 aromatic carbocycles. The van der Waals surface area contributed by atoms with Gasteiger partial charge in [-0.1, -0.05) is 54.6 Å². The van der Waals surface area contributed by atoms with Crippen LogP contribution in [0, 0.1) is 11.3 Å². The summed E-state index contributed by atoms with van der Waals surface area (Å²) in [4.78, 5) is 20.3. The summed E-state index contributed by atoms with van der Waals surface area (Å²) >= 11 is 0. The monoisotopic (exact) mass is 545 g/mol. The number of benzene rings is 4. The van der Waals surface area contributed by atoms with Gasteiger partial charge < -0.3 is 30.4 Å². The summed E-state index contributed by atoms with van der Waals surface area (Å²) in [5, 5.41) is 22.0. The number of anilines is 2. The summed E-state index contributed by atoms with van der Waals surface area (Å²) in [6, 6.07) is 31.3. The molecule has 41 heavy (non-hydrogen) atoms. The van der Waals surface area contributed by atoms with Gasteiger partial charge in [-0.2, -0.15) is 15.2 Å². The third kappa shape index (κ3) is 6.68. The van der Waals surface area contributed by atoms with Gasteiger partial charge in [-0.25, -0.2) is 4.79 Å². The number of rotatable bonds is 10. The first-order valence-electron chi connectivity index (χ1n) is 12.4. The predicted octanol–water partition coefficient (Wildman–Crippen LogP) is 6.62. The molecule has 0 saturated carbocycles. The number of nitrogens with two attached hydrogens (primary N) is 1. The molecule has 0 radical (unpaired) electrons. The van der Waals surface area contributed by atoms with Crippen molar-refractivity contribution in [3.8, 4) is 41.0 Å². The third-order valence-corrected chi connectivity index (χ3v) is 5.73. The van der Waals surface area contributed by atoms with Gasteiger partial charge in [-0.05, 0) is 48.0 Å². The molecule has 10 nitrogen and oxygen atoms in total. The number of nitrogens with one attached hydrogen (secondary N) is 1. The minimum Gasteiger partial charge on any atom is -0.478 e. The zero-order chi connectivity index (χ0) is 28.6. The average molecular weight is 546 g/mol. The lowest BCUT2D eigenvalue weighted by molar-refractivity contribution is 0.0696. The molecule has 0 atom stereocenters. The molecule has 0 unspecified atom stereocenters. The summed E-state index contributed by atoms with van der Waals surface area (Å²) in [5.41, 5.74) is 7.81. The zero-order valence-corrected chi connectivity index (χ0v) is 21.5. The Morgan fingerprint density at radius 1 is 0.829 bits per heavy atom. The van der Waals surface area contributed by atoms with Crippen LogP contribution in [-0.4, -0.2) is 21.0 Å². The van der Waals surface area contributed by atoms with Crippen LogP contribution in [0.3, 0.4) is 0 Å². The van der Waals surface area contributed by atoms with Crippen molar-refractivity contribution >= 4 is 17.5 Å². The lowest BCUT2D eigenvalue weighted by Crippen LogP contribution is -2.09. The molecule has 5 aromatic rings. The second-order valence-corrected chi connectivity index (χ2v) is 8.64. The Balaban J connectivity index is 1.52. The van der Waals surface area contributed by atoms with Gasteiger partial charge in [-0.3, -0.25) is 0 Å². The quantitative estimate of drug-likeness (QED) is 0.174. The maximum absolute atomic E-state index is 11.4. The number of aromatic nitrogens is 2. The van der Waals surface area contributed by atoms with E-state index >= 15 is 0 Å². The van der Waals surface area contributed by atoms with Crippen LogP contribution in [0.4, 0.5) is 11.5 Å². The van der Waals surface area contributed by atoms with E-state index < -0.39 is 5.97 Å². The van der Waals surface area contributed by atoms with E-state index in [0.717, 1.165) is 5.56 Å². The van der Waals surface area contributed by atoms with E-state index in [1.54, 1.807) is 36.4 Å². The van der Waals surface area contributed by atoms with Crippen molar-refractivity contribution in [2.45, 2.75) is 6.54 Å². The van der Waals surface area contributed by atoms with E-state index in [4.69, 9.17) is 19.9 Å². The van der Waals surface area contributed by atoms with Crippen LogP contribution in [0.15, 0.2) is 103 Å². The van der Waals surface area contributed by atoms with Crippen molar-refractivity contribution in [1.29, 1.82) is 5.26 Å². The highest BCUT2D eigenvalue weighted by atomic mass is 16.5.